The van der Waals surface area contributed by atoms with Gasteiger partial charge in [-0.05, 0) is 19.8 Å². The molecule has 0 aliphatic heterocycles. The maximum absolute atomic E-state index is 11.4. The van der Waals surface area contributed by atoms with Gasteiger partial charge in [0.25, 0.3) is 0 Å². The van der Waals surface area contributed by atoms with Crippen LogP contribution in [0.25, 0.3) is 0 Å². The topological polar surface area (TPSA) is 113 Å². The lowest BCUT2D eigenvalue weighted by Gasteiger charge is -2.15. The predicted molar refractivity (Wildman–Crippen MR) is 65.0 cm³/mol. The highest BCUT2D eigenvalue weighted by molar-refractivity contribution is 7.90. The molecule has 0 aromatic heterocycles. The molecular weight excluding hydrogens is 260 g/mol. The summed E-state index contributed by atoms with van der Waals surface area (Å²) < 4.78 is 22.0. The second-order valence-electron chi connectivity index (χ2n) is 4.91. The van der Waals surface area contributed by atoms with Crippen molar-refractivity contribution in [2.45, 2.75) is 25.8 Å². The maximum atomic E-state index is 11.4. The number of rotatable bonds is 6. The Labute approximate surface area is 106 Å². The van der Waals surface area contributed by atoms with E-state index in [4.69, 9.17) is 5.11 Å². The molecule has 1 saturated carbocycles. The molecule has 0 aromatic rings. The maximum Gasteiger partial charge on any atom is 0.315 e. The highest BCUT2D eigenvalue weighted by Crippen LogP contribution is 2.45. The lowest BCUT2D eigenvalue weighted by molar-refractivity contribution is -0.143. The minimum absolute atomic E-state index is 0.0692. The fourth-order valence-corrected chi connectivity index (χ4v) is 2.63. The van der Waals surface area contributed by atoms with Gasteiger partial charge in [0.2, 0.25) is 0 Å². The molecule has 1 aliphatic rings. The van der Waals surface area contributed by atoms with Gasteiger partial charge in [0.15, 0.2) is 0 Å². The summed E-state index contributed by atoms with van der Waals surface area (Å²) in [6, 6.07) is -1.06. The summed E-state index contributed by atoms with van der Waals surface area (Å²) in [6.07, 6.45) is 2.20. The van der Waals surface area contributed by atoms with Crippen LogP contribution in [0.2, 0.25) is 0 Å². The van der Waals surface area contributed by atoms with Crippen LogP contribution in [0.1, 0.15) is 19.8 Å². The molecule has 0 aromatic carbocycles. The molecule has 7 nitrogen and oxygen atoms in total. The van der Waals surface area contributed by atoms with Crippen molar-refractivity contribution in [1.29, 1.82) is 0 Å². The van der Waals surface area contributed by atoms with Crippen LogP contribution in [0.4, 0.5) is 4.79 Å². The summed E-state index contributed by atoms with van der Waals surface area (Å²) in [4.78, 5) is 22.3. The van der Waals surface area contributed by atoms with E-state index in [0.717, 1.165) is 6.26 Å². The van der Waals surface area contributed by atoms with Gasteiger partial charge in [0, 0.05) is 18.8 Å². The van der Waals surface area contributed by atoms with E-state index in [0.29, 0.717) is 12.8 Å². The van der Waals surface area contributed by atoms with Gasteiger partial charge in [-0.15, -0.1) is 0 Å². The molecule has 0 radical (unpaired) electrons. The number of carboxylic acid groups (broad SMARTS) is 1. The Balaban J connectivity index is 2.32. The zero-order chi connectivity index (χ0) is 14.0. The fourth-order valence-electron chi connectivity index (χ4n) is 1.64. The van der Waals surface area contributed by atoms with E-state index in [1.807, 2.05) is 0 Å². The first-order valence-corrected chi connectivity index (χ1v) is 7.66. The van der Waals surface area contributed by atoms with Crippen molar-refractivity contribution < 1.29 is 23.1 Å². The summed E-state index contributed by atoms with van der Waals surface area (Å²) in [5.41, 5.74) is -0.822. The molecule has 1 unspecified atom stereocenters. The summed E-state index contributed by atoms with van der Waals surface area (Å²) in [5, 5.41) is 13.8. The number of urea groups is 1. The van der Waals surface area contributed by atoms with Gasteiger partial charge in [-0.25, -0.2) is 13.2 Å². The fraction of sp³-hybridized carbons (Fsp3) is 0.800. The van der Waals surface area contributed by atoms with E-state index in [1.165, 1.54) is 0 Å². The van der Waals surface area contributed by atoms with E-state index >= 15 is 0 Å². The van der Waals surface area contributed by atoms with E-state index < -0.39 is 33.3 Å². The zero-order valence-electron chi connectivity index (χ0n) is 10.4. The number of hydrogen-bond acceptors (Lipinski definition) is 4. The number of sulfone groups is 1. The smallest absolute Gasteiger partial charge is 0.315 e. The Hall–Kier alpha value is -1.31. The van der Waals surface area contributed by atoms with Crippen molar-refractivity contribution in [2.75, 3.05) is 18.6 Å². The number of carbonyl (C=O) groups excluding carboxylic acids is 1. The number of carbonyl (C=O) groups is 2. The third kappa shape index (κ3) is 4.52. The first-order valence-electron chi connectivity index (χ1n) is 5.60. The highest BCUT2D eigenvalue weighted by Gasteiger charge is 2.50. The number of amides is 2. The SMILES string of the molecule is CC(CS(C)(=O)=O)NC(=O)NCC1(C(=O)O)CC1. The average Bonchev–Trinajstić information content (AvgIpc) is 2.91. The van der Waals surface area contributed by atoms with Gasteiger partial charge >= 0.3 is 12.0 Å². The lowest BCUT2D eigenvalue weighted by Crippen LogP contribution is -2.46. The molecule has 2 amide bonds. The van der Waals surface area contributed by atoms with E-state index in [-0.39, 0.29) is 12.3 Å². The minimum atomic E-state index is -3.15. The number of hydrogen-bond donors (Lipinski definition) is 3. The van der Waals surface area contributed by atoms with Crippen LogP contribution >= 0.6 is 0 Å². The van der Waals surface area contributed by atoms with Gasteiger partial charge in [0.05, 0.1) is 11.2 Å². The third-order valence-electron chi connectivity index (χ3n) is 2.82. The van der Waals surface area contributed by atoms with Crippen LogP contribution in [0.5, 0.6) is 0 Å². The normalized spacial score (nSPS) is 18.8. The standard InChI is InChI=1S/C10H18N2O5S/c1-7(5-18(2,16)17)12-9(15)11-6-10(3-4-10)8(13)14/h7H,3-6H2,1-2H3,(H,13,14)(H2,11,12,15). The van der Waals surface area contributed by atoms with Crippen molar-refractivity contribution >= 4 is 21.8 Å². The largest absolute Gasteiger partial charge is 0.481 e. The van der Waals surface area contributed by atoms with Crippen molar-refractivity contribution in [3.63, 3.8) is 0 Å². The molecule has 0 heterocycles. The molecule has 18 heavy (non-hydrogen) atoms. The zero-order valence-corrected chi connectivity index (χ0v) is 11.2. The minimum Gasteiger partial charge on any atom is -0.481 e. The van der Waals surface area contributed by atoms with Crippen LogP contribution < -0.4 is 10.6 Å². The number of aliphatic carboxylic acids is 1. The second kappa shape index (κ2) is 5.13. The van der Waals surface area contributed by atoms with E-state index in [9.17, 15) is 18.0 Å². The average molecular weight is 278 g/mol. The summed E-state index contributed by atoms with van der Waals surface area (Å²) >= 11 is 0. The van der Waals surface area contributed by atoms with Gasteiger partial charge in [-0.3, -0.25) is 4.79 Å². The van der Waals surface area contributed by atoms with Crippen LogP contribution in [0.3, 0.4) is 0 Å². The third-order valence-corrected chi connectivity index (χ3v) is 3.93. The number of nitrogens with one attached hydrogen (secondary N) is 2. The predicted octanol–water partition coefficient (Wildman–Crippen LogP) is -0.416. The first-order chi connectivity index (χ1) is 8.15. The second-order valence-corrected chi connectivity index (χ2v) is 7.09. The molecule has 104 valence electrons. The van der Waals surface area contributed by atoms with Gasteiger partial charge < -0.3 is 15.7 Å². The molecule has 0 spiro atoms. The summed E-state index contributed by atoms with van der Waals surface area (Å²) in [7, 11) is -3.15. The van der Waals surface area contributed by atoms with Crippen LogP contribution in [0.15, 0.2) is 0 Å². The molecule has 0 bridgehead atoms. The van der Waals surface area contributed by atoms with Crippen LogP contribution in [-0.2, 0) is 14.6 Å². The molecule has 1 atom stereocenters. The van der Waals surface area contributed by atoms with Crippen LogP contribution in [0, 0.1) is 5.41 Å². The quantitative estimate of drug-likeness (QED) is 0.611. The van der Waals surface area contributed by atoms with Crippen molar-refractivity contribution in [1.82, 2.24) is 10.6 Å². The molecular formula is C10H18N2O5S. The van der Waals surface area contributed by atoms with Gasteiger partial charge in [0.1, 0.15) is 9.84 Å². The molecule has 0 saturated heterocycles. The Morgan fingerprint density at radius 2 is 1.94 bits per heavy atom. The summed E-state index contributed by atoms with van der Waals surface area (Å²) in [5.74, 6) is -1.06. The Morgan fingerprint density at radius 3 is 2.33 bits per heavy atom. The lowest BCUT2D eigenvalue weighted by atomic mass is 10.1. The highest BCUT2D eigenvalue weighted by atomic mass is 32.2. The Morgan fingerprint density at radius 1 is 1.39 bits per heavy atom. The van der Waals surface area contributed by atoms with Crippen molar-refractivity contribution in [2.24, 2.45) is 5.41 Å². The van der Waals surface area contributed by atoms with Gasteiger partial charge in [-0.1, -0.05) is 0 Å². The summed E-state index contributed by atoms with van der Waals surface area (Å²) in [6.45, 7) is 1.64. The molecule has 1 fully saturated rings. The Kier molecular flexibility index (Phi) is 4.20. The monoisotopic (exact) mass is 278 g/mol. The molecule has 1 rings (SSSR count). The molecule has 8 heteroatoms. The van der Waals surface area contributed by atoms with E-state index in [2.05, 4.69) is 10.6 Å². The van der Waals surface area contributed by atoms with Gasteiger partial charge in [-0.2, -0.15) is 0 Å². The Bertz CT molecular complexity index is 441. The van der Waals surface area contributed by atoms with Crippen molar-refractivity contribution in [3.8, 4) is 0 Å². The molecule has 3 N–H and O–H groups in total. The van der Waals surface area contributed by atoms with E-state index in [1.54, 1.807) is 6.92 Å². The number of carboxylic acids is 1. The molecule has 1 aliphatic carbocycles. The first kappa shape index (κ1) is 14.7. The van der Waals surface area contributed by atoms with Crippen molar-refractivity contribution in [3.05, 3.63) is 0 Å². The van der Waals surface area contributed by atoms with Crippen LogP contribution in [-0.4, -0.2) is 50.1 Å².